The quantitative estimate of drug-likeness (QED) is 0.772. The fraction of sp³-hybridized carbons (Fsp3) is 0.643. The summed E-state index contributed by atoms with van der Waals surface area (Å²) in [6.45, 7) is 4.34. The van der Waals surface area contributed by atoms with E-state index in [1.165, 1.54) is 7.11 Å². The van der Waals surface area contributed by atoms with Gasteiger partial charge in [0.25, 0.3) is 5.91 Å². The van der Waals surface area contributed by atoms with E-state index in [2.05, 4.69) is 15.5 Å². The van der Waals surface area contributed by atoms with Crippen molar-refractivity contribution in [3.05, 3.63) is 17.0 Å². The summed E-state index contributed by atoms with van der Waals surface area (Å²) in [5.74, 6) is -0.368. The minimum atomic E-state index is -0.612. The lowest BCUT2D eigenvalue weighted by molar-refractivity contribution is -0.150. The van der Waals surface area contributed by atoms with E-state index in [0.29, 0.717) is 31.7 Å². The van der Waals surface area contributed by atoms with E-state index in [-0.39, 0.29) is 24.3 Å². The second-order valence-corrected chi connectivity index (χ2v) is 5.99. The zero-order valence-corrected chi connectivity index (χ0v) is 13.6. The highest BCUT2D eigenvalue weighted by Crippen LogP contribution is 2.32. The van der Waals surface area contributed by atoms with Crippen molar-refractivity contribution in [2.45, 2.75) is 26.3 Å². The number of carbonyl (C=O) groups is 2. The van der Waals surface area contributed by atoms with Gasteiger partial charge in [-0.25, -0.2) is 0 Å². The third-order valence-corrected chi connectivity index (χ3v) is 4.45. The molecule has 0 aromatic carbocycles. The second kappa shape index (κ2) is 6.26. The first-order chi connectivity index (χ1) is 10.0. The first-order valence-corrected chi connectivity index (χ1v) is 7.20. The normalized spacial score (nSPS) is 23.6. The van der Waals surface area contributed by atoms with E-state index in [9.17, 15) is 9.59 Å². The number of rotatable bonds is 2. The van der Waals surface area contributed by atoms with E-state index in [1.807, 2.05) is 6.92 Å². The molecule has 1 atom stereocenters. The van der Waals surface area contributed by atoms with Crippen LogP contribution in [-0.2, 0) is 22.5 Å². The van der Waals surface area contributed by atoms with E-state index >= 15 is 0 Å². The molecule has 0 bridgehead atoms. The Labute approximate surface area is 135 Å². The van der Waals surface area contributed by atoms with Crippen molar-refractivity contribution in [3.63, 3.8) is 0 Å². The SMILES string of the molecule is COC(=O)C1(C)CCN(C(=O)c2n[nH]c3c2CNCC3)C1.Cl. The summed E-state index contributed by atoms with van der Waals surface area (Å²) < 4.78 is 4.84. The number of likely N-dealkylation sites (tertiary alicyclic amines) is 1. The van der Waals surface area contributed by atoms with Crippen LogP contribution >= 0.6 is 12.4 Å². The molecule has 1 saturated heterocycles. The van der Waals surface area contributed by atoms with E-state index in [0.717, 1.165) is 24.2 Å². The number of ether oxygens (including phenoxy) is 1. The van der Waals surface area contributed by atoms with Gasteiger partial charge >= 0.3 is 5.97 Å². The molecule has 1 aromatic heterocycles. The average molecular weight is 329 g/mol. The van der Waals surface area contributed by atoms with Crippen molar-refractivity contribution in [3.8, 4) is 0 Å². The number of aromatic nitrogens is 2. The van der Waals surface area contributed by atoms with Gasteiger partial charge in [0.15, 0.2) is 5.69 Å². The average Bonchev–Trinajstić information content (AvgIpc) is 3.10. The Bertz CT molecular complexity index is 589. The first kappa shape index (κ1) is 16.8. The van der Waals surface area contributed by atoms with Gasteiger partial charge in [-0.2, -0.15) is 5.10 Å². The van der Waals surface area contributed by atoms with Gasteiger partial charge in [0.1, 0.15) is 0 Å². The van der Waals surface area contributed by atoms with E-state index in [1.54, 1.807) is 4.90 Å². The minimum absolute atomic E-state index is 0. The summed E-state index contributed by atoms with van der Waals surface area (Å²) in [5.41, 5.74) is 1.86. The lowest BCUT2D eigenvalue weighted by atomic mass is 9.90. The number of esters is 1. The summed E-state index contributed by atoms with van der Waals surface area (Å²) in [7, 11) is 1.38. The predicted octanol–water partition coefficient (Wildman–Crippen LogP) is 0.502. The maximum atomic E-state index is 12.6. The maximum absolute atomic E-state index is 12.6. The number of H-pyrrole nitrogens is 1. The number of carbonyl (C=O) groups excluding carboxylic acids is 2. The monoisotopic (exact) mass is 328 g/mol. The molecular weight excluding hydrogens is 308 g/mol. The molecule has 0 spiro atoms. The van der Waals surface area contributed by atoms with Crippen molar-refractivity contribution in [1.82, 2.24) is 20.4 Å². The molecule has 1 unspecified atom stereocenters. The van der Waals surface area contributed by atoms with Crippen LogP contribution in [0.4, 0.5) is 0 Å². The number of hydrogen-bond donors (Lipinski definition) is 2. The molecule has 3 heterocycles. The van der Waals surface area contributed by atoms with Crippen LogP contribution in [-0.4, -0.2) is 53.7 Å². The van der Waals surface area contributed by atoms with Gasteiger partial charge in [0.05, 0.1) is 12.5 Å². The van der Waals surface area contributed by atoms with Gasteiger partial charge < -0.3 is 15.0 Å². The molecule has 1 amide bonds. The standard InChI is InChI=1S/C14H20N4O3.ClH/c1-14(13(20)21-2)4-6-18(8-14)12(19)11-9-7-15-5-3-10(9)16-17-11;/h15H,3-8H2,1-2H3,(H,16,17);1H. The highest BCUT2D eigenvalue weighted by molar-refractivity contribution is 5.95. The van der Waals surface area contributed by atoms with Gasteiger partial charge in [-0.1, -0.05) is 0 Å². The lowest BCUT2D eigenvalue weighted by Gasteiger charge is -2.22. The molecule has 2 aliphatic rings. The van der Waals surface area contributed by atoms with Crippen LogP contribution in [0.2, 0.25) is 0 Å². The second-order valence-electron chi connectivity index (χ2n) is 5.99. The number of methoxy groups -OCH3 is 1. The molecule has 0 aliphatic carbocycles. The number of amides is 1. The molecule has 0 saturated carbocycles. The van der Waals surface area contributed by atoms with Gasteiger partial charge in [0, 0.05) is 43.9 Å². The fourth-order valence-corrected chi connectivity index (χ4v) is 3.10. The number of hydrogen-bond acceptors (Lipinski definition) is 5. The smallest absolute Gasteiger partial charge is 0.313 e. The van der Waals surface area contributed by atoms with Gasteiger partial charge in [-0.3, -0.25) is 14.7 Å². The predicted molar refractivity (Wildman–Crippen MR) is 81.9 cm³/mol. The Kier molecular flexibility index (Phi) is 4.77. The minimum Gasteiger partial charge on any atom is -0.469 e. The van der Waals surface area contributed by atoms with Crippen LogP contribution in [0.15, 0.2) is 0 Å². The Morgan fingerprint density at radius 1 is 1.41 bits per heavy atom. The molecule has 0 radical (unpaired) electrons. The lowest BCUT2D eigenvalue weighted by Crippen LogP contribution is -2.36. The third kappa shape index (κ3) is 2.70. The molecule has 3 rings (SSSR count). The van der Waals surface area contributed by atoms with Crippen LogP contribution < -0.4 is 5.32 Å². The molecule has 1 aromatic rings. The zero-order chi connectivity index (χ0) is 15.0. The third-order valence-electron chi connectivity index (χ3n) is 4.45. The topological polar surface area (TPSA) is 87.3 Å². The first-order valence-electron chi connectivity index (χ1n) is 7.20. The Morgan fingerprint density at radius 3 is 2.91 bits per heavy atom. The highest BCUT2D eigenvalue weighted by Gasteiger charge is 2.43. The molecule has 22 heavy (non-hydrogen) atoms. The van der Waals surface area contributed by atoms with Crippen LogP contribution in [0.3, 0.4) is 0 Å². The fourth-order valence-electron chi connectivity index (χ4n) is 3.10. The number of fused-ring (bicyclic) bond motifs is 1. The van der Waals surface area contributed by atoms with Gasteiger partial charge in [-0.05, 0) is 13.3 Å². The molecule has 2 N–H and O–H groups in total. The summed E-state index contributed by atoms with van der Waals surface area (Å²) >= 11 is 0. The van der Waals surface area contributed by atoms with Crippen molar-refractivity contribution in [2.75, 3.05) is 26.7 Å². The maximum Gasteiger partial charge on any atom is 0.313 e. The Balaban J connectivity index is 0.00000176. The molecule has 8 heteroatoms. The summed E-state index contributed by atoms with van der Waals surface area (Å²) in [5, 5.41) is 10.4. The van der Waals surface area contributed by atoms with Crippen molar-refractivity contribution in [1.29, 1.82) is 0 Å². The van der Waals surface area contributed by atoms with E-state index in [4.69, 9.17) is 4.74 Å². The number of aromatic amines is 1. The largest absolute Gasteiger partial charge is 0.469 e. The van der Waals surface area contributed by atoms with Gasteiger partial charge in [0.2, 0.25) is 0 Å². The molecule has 7 nitrogen and oxygen atoms in total. The van der Waals surface area contributed by atoms with E-state index < -0.39 is 5.41 Å². The Hall–Kier alpha value is -1.60. The Morgan fingerprint density at radius 2 is 2.18 bits per heavy atom. The molecule has 1 fully saturated rings. The van der Waals surface area contributed by atoms with Crippen molar-refractivity contribution < 1.29 is 14.3 Å². The molecule has 122 valence electrons. The van der Waals surface area contributed by atoms with Crippen LogP contribution in [0.1, 0.15) is 35.1 Å². The number of nitrogens with zero attached hydrogens (tertiary/aromatic N) is 2. The van der Waals surface area contributed by atoms with Gasteiger partial charge in [-0.15, -0.1) is 12.4 Å². The van der Waals surface area contributed by atoms with Crippen molar-refractivity contribution >= 4 is 24.3 Å². The summed E-state index contributed by atoms with van der Waals surface area (Å²) in [4.78, 5) is 26.2. The van der Waals surface area contributed by atoms with Crippen LogP contribution in [0.25, 0.3) is 0 Å². The molecular formula is C14H21ClN4O3. The highest BCUT2D eigenvalue weighted by atomic mass is 35.5. The van der Waals surface area contributed by atoms with Crippen LogP contribution in [0.5, 0.6) is 0 Å². The molecule has 2 aliphatic heterocycles. The summed E-state index contributed by atoms with van der Waals surface area (Å²) in [6.07, 6.45) is 1.48. The number of nitrogens with one attached hydrogen (secondary N) is 2. The van der Waals surface area contributed by atoms with Crippen LogP contribution in [0, 0.1) is 5.41 Å². The zero-order valence-electron chi connectivity index (χ0n) is 12.8. The van der Waals surface area contributed by atoms with Crippen molar-refractivity contribution in [2.24, 2.45) is 5.41 Å². The summed E-state index contributed by atoms with van der Waals surface area (Å²) in [6, 6.07) is 0. The number of halogens is 1.